The summed E-state index contributed by atoms with van der Waals surface area (Å²) in [6, 6.07) is 25.3. The lowest BCUT2D eigenvalue weighted by Crippen LogP contribution is -2.49. The number of carboxylic acid groups (broad SMARTS) is 1. The van der Waals surface area contributed by atoms with Crippen LogP contribution in [0, 0.1) is 5.41 Å². The number of fused-ring (bicyclic) bond motifs is 3. The van der Waals surface area contributed by atoms with E-state index in [1.54, 1.807) is 7.05 Å². The highest BCUT2D eigenvalue weighted by atomic mass is 16.5. The van der Waals surface area contributed by atoms with Crippen LogP contribution in [0.5, 0.6) is 0 Å². The summed E-state index contributed by atoms with van der Waals surface area (Å²) >= 11 is 0. The third-order valence-electron chi connectivity index (χ3n) is 5.97. The second-order valence-corrected chi connectivity index (χ2v) is 7.91. The van der Waals surface area contributed by atoms with E-state index in [0.29, 0.717) is 0 Å². The Hall–Kier alpha value is -3.44. The van der Waals surface area contributed by atoms with Crippen LogP contribution in [0.2, 0.25) is 0 Å². The fourth-order valence-electron chi connectivity index (χ4n) is 4.43. The van der Waals surface area contributed by atoms with Crippen molar-refractivity contribution in [3.63, 3.8) is 0 Å². The first-order valence-corrected chi connectivity index (χ1v) is 10.3. The molecule has 0 spiro atoms. The summed E-state index contributed by atoms with van der Waals surface area (Å²) < 4.78 is 5.73. The molecule has 1 atom stereocenters. The number of nitrogens with one attached hydrogen (secondary N) is 1. The van der Waals surface area contributed by atoms with Crippen molar-refractivity contribution in [3.8, 4) is 11.1 Å². The van der Waals surface area contributed by atoms with Crippen molar-refractivity contribution in [2.45, 2.75) is 12.3 Å². The molecule has 0 saturated carbocycles. The second-order valence-electron chi connectivity index (χ2n) is 7.91. The summed E-state index contributed by atoms with van der Waals surface area (Å²) in [6.45, 7) is 0.0777. The van der Waals surface area contributed by atoms with Crippen molar-refractivity contribution < 1.29 is 19.4 Å². The zero-order valence-corrected chi connectivity index (χ0v) is 17.4. The van der Waals surface area contributed by atoms with Crippen LogP contribution in [0.4, 0.5) is 0 Å². The summed E-state index contributed by atoms with van der Waals surface area (Å²) in [4.78, 5) is 25.5. The van der Waals surface area contributed by atoms with Gasteiger partial charge in [0.1, 0.15) is 6.61 Å². The molecule has 3 aromatic rings. The summed E-state index contributed by atoms with van der Waals surface area (Å²) in [5.74, 6) is -2.03. The van der Waals surface area contributed by atoms with E-state index in [1.807, 2.05) is 66.7 Å². The number of aliphatic carboxylic acids is 1. The molecule has 4 rings (SSSR count). The number of hydrogen-bond donors (Lipinski definition) is 2. The summed E-state index contributed by atoms with van der Waals surface area (Å²) in [7, 11) is 1.64. The minimum absolute atomic E-state index is 0.0199. The Labute approximate surface area is 181 Å². The molecule has 31 heavy (non-hydrogen) atoms. The lowest BCUT2D eigenvalue weighted by molar-refractivity contribution is -0.168. The topological polar surface area (TPSA) is 75.6 Å². The van der Waals surface area contributed by atoms with Crippen LogP contribution >= 0.6 is 0 Å². The Kier molecular flexibility index (Phi) is 5.87. The average molecular weight is 415 g/mol. The van der Waals surface area contributed by atoms with Gasteiger partial charge < -0.3 is 15.2 Å². The molecule has 2 N–H and O–H groups in total. The molecule has 0 amide bonds. The Bertz CT molecular complexity index is 1050. The fraction of sp³-hybridized carbons (Fsp3) is 0.231. The van der Waals surface area contributed by atoms with Crippen LogP contribution in [0.1, 0.15) is 22.6 Å². The van der Waals surface area contributed by atoms with Crippen molar-refractivity contribution in [1.29, 1.82) is 0 Å². The molecule has 0 aromatic heterocycles. The van der Waals surface area contributed by atoms with Crippen molar-refractivity contribution >= 4 is 11.9 Å². The van der Waals surface area contributed by atoms with E-state index >= 15 is 0 Å². The van der Waals surface area contributed by atoms with Gasteiger partial charge in [-0.25, -0.2) is 0 Å². The summed E-state index contributed by atoms with van der Waals surface area (Å²) in [5.41, 5.74) is 3.51. The molecular weight excluding hydrogens is 390 g/mol. The minimum atomic E-state index is -1.70. The third-order valence-corrected chi connectivity index (χ3v) is 5.97. The predicted molar refractivity (Wildman–Crippen MR) is 119 cm³/mol. The highest BCUT2D eigenvalue weighted by Gasteiger charge is 2.48. The highest BCUT2D eigenvalue weighted by Crippen LogP contribution is 2.44. The number of carbonyl (C=O) groups excluding carboxylic acids is 1. The van der Waals surface area contributed by atoms with Gasteiger partial charge in [-0.2, -0.15) is 0 Å². The van der Waals surface area contributed by atoms with Crippen molar-refractivity contribution in [2.24, 2.45) is 5.41 Å². The number of esters is 1. The monoisotopic (exact) mass is 415 g/mol. The van der Waals surface area contributed by atoms with Crippen LogP contribution in [-0.2, 0) is 20.7 Å². The molecule has 0 aliphatic heterocycles. The number of hydrogen-bond acceptors (Lipinski definition) is 4. The highest BCUT2D eigenvalue weighted by molar-refractivity contribution is 6.00. The van der Waals surface area contributed by atoms with E-state index in [2.05, 4.69) is 17.4 Å². The first-order valence-electron chi connectivity index (χ1n) is 10.3. The number of rotatable bonds is 8. The Morgan fingerprint density at radius 2 is 1.45 bits per heavy atom. The molecule has 0 bridgehead atoms. The number of ether oxygens (including phenoxy) is 1. The molecule has 0 fully saturated rings. The molecule has 1 aliphatic rings. The SMILES string of the molecule is CNC[C@@](Cc1ccccc1)(C(=O)O)C(=O)OCC1c2ccccc2-c2ccccc21. The van der Waals surface area contributed by atoms with Gasteiger partial charge in [-0.1, -0.05) is 78.9 Å². The van der Waals surface area contributed by atoms with E-state index in [-0.39, 0.29) is 25.5 Å². The van der Waals surface area contributed by atoms with Gasteiger partial charge in [0.05, 0.1) is 0 Å². The Balaban J connectivity index is 1.60. The Morgan fingerprint density at radius 3 is 2.00 bits per heavy atom. The van der Waals surface area contributed by atoms with Crippen LogP contribution in [0.15, 0.2) is 78.9 Å². The van der Waals surface area contributed by atoms with Crippen molar-refractivity contribution in [3.05, 3.63) is 95.6 Å². The maximum absolute atomic E-state index is 13.2. The average Bonchev–Trinajstić information content (AvgIpc) is 3.11. The largest absolute Gasteiger partial charge is 0.480 e. The molecule has 1 aliphatic carbocycles. The minimum Gasteiger partial charge on any atom is -0.480 e. The van der Waals surface area contributed by atoms with E-state index < -0.39 is 17.4 Å². The normalized spacial score (nSPS) is 14.4. The maximum atomic E-state index is 13.2. The van der Waals surface area contributed by atoms with Crippen LogP contribution in [-0.4, -0.2) is 37.2 Å². The molecule has 0 heterocycles. The number of carbonyl (C=O) groups is 2. The van der Waals surface area contributed by atoms with E-state index in [1.165, 1.54) is 0 Å². The maximum Gasteiger partial charge on any atom is 0.325 e. The first-order chi connectivity index (χ1) is 15.1. The van der Waals surface area contributed by atoms with Crippen LogP contribution in [0.3, 0.4) is 0 Å². The molecule has 0 unspecified atom stereocenters. The van der Waals surface area contributed by atoms with E-state index in [0.717, 1.165) is 27.8 Å². The van der Waals surface area contributed by atoms with Crippen molar-refractivity contribution in [2.75, 3.05) is 20.2 Å². The lowest BCUT2D eigenvalue weighted by Gasteiger charge is -2.28. The summed E-state index contributed by atoms with van der Waals surface area (Å²) in [5, 5.41) is 12.9. The number of carboxylic acids is 1. The third kappa shape index (κ3) is 3.84. The van der Waals surface area contributed by atoms with E-state index in [9.17, 15) is 14.7 Å². The number of benzene rings is 3. The smallest absolute Gasteiger partial charge is 0.325 e. The van der Waals surface area contributed by atoms with Crippen LogP contribution < -0.4 is 5.32 Å². The van der Waals surface area contributed by atoms with Gasteiger partial charge in [0.2, 0.25) is 0 Å². The Morgan fingerprint density at radius 1 is 0.903 bits per heavy atom. The molecule has 3 aromatic carbocycles. The first kappa shape index (κ1) is 20.8. The van der Waals surface area contributed by atoms with Gasteiger partial charge in [-0.15, -0.1) is 0 Å². The van der Waals surface area contributed by atoms with Gasteiger partial charge >= 0.3 is 11.9 Å². The quantitative estimate of drug-likeness (QED) is 0.431. The molecule has 0 radical (unpaired) electrons. The predicted octanol–water partition coefficient (Wildman–Crippen LogP) is 3.88. The van der Waals surface area contributed by atoms with Gasteiger partial charge in [0.15, 0.2) is 5.41 Å². The molecule has 0 saturated heterocycles. The van der Waals surface area contributed by atoms with Gasteiger partial charge in [-0.3, -0.25) is 9.59 Å². The fourth-order valence-corrected chi connectivity index (χ4v) is 4.43. The molecule has 158 valence electrons. The molecule has 5 nitrogen and oxygen atoms in total. The van der Waals surface area contributed by atoms with Crippen molar-refractivity contribution in [1.82, 2.24) is 5.32 Å². The second kappa shape index (κ2) is 8.74. The summed E-state index contributed by atoms with van der Waals surface area (Å²) in [6.07, 6.45) is 0.0562. The standard InChI is InChI=1S/C26H25NO4/c1-27-17-26(24(28)29,15-18-9-3-2-4-10-18)25(30)31-16-23-21-13-7-5-11-19(21)20-12-6-8-14-22(20)23/h2-14,23,27H,15-17H2,1H3,(H,28,29)/t26-/m0/s1. The van der Waals surface area contributed by atoms with Gasteiger partial charge in [0, 0.05) is 18.9 Å². The zero-order chi connectivity index (χ0) is 21.8. The van der Waals surface area contributed by atoms with E-state index in [4.69, 9.17) is 4.74 Å². The molecular formula is C26H25NO4. The van der Waals surface area contributed by atoms with Gasteiger partial charge in [-0.05, 0) is 34.9 Å². The zero-order valence-electron chi connectivity index (χ0n) is 17.4. The lowest BCUT2D eigenvalue weighted by atomic mass is 9.81. The van der Waals surface area contributed by atoms with Gasteiger partial charge in [0.25, 0.3) is 0 Å². The molecule has 5 heteroatoms. The van der Waals surface area contributed by atoms with Crippen LogP contribution in [0.25, 0.3) is 11.1 Å².